The van der Waals surface area contributed by atoms with Gasteiger partial charge < -0.3 is 20.0 Å². The van der Waals surface area contributed by atoms with Crippen LogP contribution in [0.4, 0.5) is 0 Å². The monoisotopic (exact) mass is 237 g/mol. The summed E-state index contributed by atoms with van der Waals surface area (Å²) in [6.45, 7) is 1.68. The number of piperazine rings is 1. The Morgan fingerprint density at radius 2 is 2.41 bits per heavy atom. The Morgan fingerprint density at radius 1 is 1.59 bits per heavy atom. The van der Waals surface area contributed by atoms with Crippen LogP contribution in [0.2, 0.25) is 0 Å². The molecule has 1 unspecified atom stereocenters. The highest BCUT2D eigenvalue weighted by Crippen LogP contribution is 2.11. The first-order valence-electron chi connectivity index (χ1n) is 5.49. The third-order valence-electron chi connectivity index (χ3n) is 2.82. The largest absolute Gasteiger partial charge is 0.472 e. The zero-order valence-corrected chi connectivity index (χ0v) is 9.60. The second-order valence-electron chi connectivity index (χ2n) is 3.84. The molecular formula is C11H15N3O3. The first kappa shape index (κ1) is 11.7. The van der Waals surface area contributed by atoms with Crippen molar-refractivity contribution in [2.75, 3.05) is 26.7 Å². The Kier molecular flexibility index (Phi) is 3.43. The molecule has 1 aliphatic heterocycles. The van der Waals surface area contributed by atoms with Gasteiger partial charge >= 0.3 is 0 Å². The zero-order chi connectivity index (χ0) is 12.3. The van der Waals surface area contributed by atoms with E-state index in [-0.39, 0.29) is 11.8 Å². The summed E-state index contributed by atoms with van der Waals surface area (Å²) in [5, 5.41) is 5.67. The lowest BCUT2D eigenvalue weighted by Gasteiger charge is -2.34. The van der Waals surface area contributed by atoms with E-state index in [9.17, 15) is 9.59 Å². The predicted molar refractivity (Wildman–Crippen MR) is 60.5 cm³/mol. The molecule has 1 saturated heterocycles. The standard InChI is InChI=1S/C11H15N3O3/c1-12-10(15)9-6-13-3-4-14(9)11(16)8-2-5-17-7-8/h2,5,7,9,13H,3-4,6H2,1H3,(H,12,15). The molecule has 6 heteroatoms. The normalized spacial score (nSPS) is 20.1. The highest BCUT2D eigenvalue weighted by atomic mass is 16.3. The fraction of sp³-hybridized carbons (Fsp3) is 0.455. The van der Waals surface area contributed by atoms with Gasteiger partial charge in [-0.3, -0.25) is 9.59 Å². The molecule has 2 amide bonds. The van der Waals surface area contributed by atoms with Gasteiger partial charge in [-0.05, 0) is 6.07 Å². The molecule has 0 spiro atoms. The van der Waals surface area contributed by atoms with Gasteiger partial charge in [0, 0.05) is 26.7 Å². The molecule has 2 rings (SSSR count). The van der Waals surface area contributed by atoms with Crippen LogP contribution >= 0.6 is 0 Å². The molecule has 0 aliphatic carbocycles. The number of likely N-dealkylation sites (N-methyl/N-ethyl adjacent to an activating group) is 1. The molecule has 1 aromatic rings. The Bertz CT molecular complexity index is 402. The number of nitrogens with zero attached hydrogens (tertiary/aromatic N) is 1. The number of amides is 2. The summed E-state index contributed by atoms with van der Waals surface area (Å²) in [5.74, 6) is -0.331. The molecule has 1 aromatic heterocycles. The van der Waals surface area contributed by atoms with E-state index in [2.05, 4.69) is 10.6 Å². The molecule has 6 nitrogen and oxygen atoms in total. The van der Waals surface area contributed by atoms with Gasteiger partial charge in [0.15, 0.2) is 0 Å². The number of carbonyl (C=O) groups is 2. The summed E-state index contributed by atoms with van der Waals surface area (Å²) in [6, 6.07) is 1.14. The fourth-order valence-electron chi connectivity index (χ4n) is 1.90. The SMILES string of the molecule is CNC(=O)C1CNCCN1C(=O)c1ccoc1. The van der Waals surface area contributed by atoms with E-state index in [1.165, 1.54) is 12.5 Å². The topological polar surface area (TPSA) is 74.6 Å². The predicted octanol–water partition coefficient (Wildman–Crippen LogP) is -0.560. The van der Waals surface area contributed by atoms with Gasteiger partial charge in [-0.2, -0.15) is 0 Å². The van der Waals surface area contributed by atoms with E-state index >= 15 is 0 Å². The Hall–Kier alpha value is -1.82. The zero-order valence-electron chi connectivity index (χ0n) is 9.60. The maximum atomic E-state index is 12.1. The van der Waals surface area contributed by atoms with E-state index in [0.29, 0.717) is 25.2 Å². The third-order valence-corrected chi connectivity index (χ3v) is 2.82. The molecule has 1 atom stereocenters. The third kappa shape index (κ3) is 2.31. The molecule has 2 N–H and O–H groups in total. The number of rotatable bonds is 2. The second-order valence-corrected chi connectivity index (χ2v) is 3.84. The quantitative estimate of drug-likeness (QED) is 0.723. The smallest absolute Gasteiger partial charge is 0.257 e. The van der Waals surface area contributed by atoms with Crippen LogP contribution in [-0.4, -0.2) is 49.4 Å². The maximum Gasteiger partial charge on any atom is 0.257 e. The van der Waals surface area contributed by atoms with Crippen molar-refractivity contribution in [2.24, 2.45) is 0 Å². The minimum Gasteiger partial charge on any atom is -0.472 e. The highest BCUT2D eigenvalue weighted by Gasteiger charge is 2.32. The lowest BCUT2D eigenvalue weighted by molar-refractivity contribution is -0.125. The van der Waals surface area contributed by atoms with E-state index in [1.807, 2.05) is 0 Å². The lowest BCUT2D eigenvalue weighted by atomic mass is 10.1. The van der Waals surface area contributed by atoms with Crippen LogP contribution in [0.3, 0.4) is 0 Å². The van der Waals surface area contributed by atoms with Crippen LogP contribution in [0.1, 0.15) is 10.4 Å². The highest BCUT2D eigenvalue weighted by molar-refractivity contribution is 5.97. The number of hydrogen-bond acceptors (Lipinski definition) is 4. The molecule has 0 saturated carbocycles. The van der Waals surface area contributed by atoms with Crippen molar-refractivity contribution in [3.8, 4) is 0 Å². The number of nitrogens with one attached hydrogen (secondary N) is 2. The molecule has 1 fully saturated rings. The molecule has 0 radical (unpaired) electrons. The summed E-state index contributed by atoms with van der Waals surface area (Å²) in [7, 11) is 1.57. The maximum absolute atomic E-state index is 12.1. The van der Waals surface area contributed by atoms with Crippen molar-refractivity contribution in [3.63, 3.8) is 0 Å². The van der Waals surface area contributed by atoms with E-state index in [4.69, 9.17) is 4.42 Å². The van der Waals surface area contributed by atoms with Gasteiger partial charge in [0.25, 0.3) is 5.91 Å². The van der Waals surface area contributed by atoms with Gasteiger partial charge in [-0.25, -0.2) is 0 Å². The number of hydrogen-bond donors (Lipinski definition) is 2. The van der Waals surface area contributed by atoms with Gasteiger partial charge in [-0.1, -0.05) is 0 Å². The molecular weight excluding hydrogens is 222 g/mol. The van der Waals surface area contributed by atoms with Crippen molar-refractivity contribution in [1.82, 2.24) is 15.5 Å². The van der Waals surface area contributed by atoms with Crippen LogP contribution in [-0.2, 0) is 4.79 Å². The van der Waals surface area contributed by atoms with Crippen molar-refractivity contribution in [2.45, 2.75) is 6.04 Å². The van der Waals surface area contributed by atoms with Crippen LogP contribution in [0.5, 0.6) is 0 Å². The minimum absolute atomic E-state index is 0.158. The molecule has 1 aliphatic rings. The fourth-order valence-corrected chi connectivity index (χ4v) is 1.90. The molecule has 17 heavy (non-hydrogen) atoms. The van der Waals surface area contributed by atoms with Crippen molar-refractivity contribution >= 4 is 11.8 Å². The average molecular weight is 237 g/mol. The summed E-state index contributed by atoms with van der Waals surface area (Å²) in [6.07, 6.45) is 2.84. The van der Waals surface area contributed by atoms with Crippen LogP contribution in [0, 0.1) is 0 Å². The van der Waals surface area contributed by atoms with Crippen LogP contribution in [0.15, 0.2) is 23.0 Å². The van der Waals surface area contributed by atoms with Gasteiger partial charge in [0.1, 0.15) is 12.3 Å². The molecule has 92 valence electrons. The molecule has 0 aromatic carbocycles. The van der Waals surface area contributed by atoms with E-state index in [1.54, 1.807) is 18.0 Å². The summed E-state index contributed by atoms with van der Waals surface area (Å²) >= 11 is 0. The minimum atomic E-state index is -0.462. The number of carbonyl (C=O) groups excluding carboxylic acids is 2. The van der Waals surface area contributed by atoms with Crippen molar-refractivity contribution < 1.29 is 14.0 Å². The van der Waals surface area contributed by atoms with Crippen LogP contribution in [0.25, 0.3) is 0 Å². The number of furan rings is 1. The van der Waals surface area contributed by atoms with Crippen LogP contribution < -0.4 is 10.6 Å². The Balaban J connectivity index is 2.16. The van der Waals surface area contributed by atoms with Gasteiger partial charge in [-0.15, -0.1) is 0 Å². The summed E-state index contributed by atoms with van der Waals surface area (Å²) < 4.78 is 4.88. The Morgan fingerprint density at radius 3 is 3.06 bits per heavy atom. The first-order chi connectivity index (χ1) is 8.24. The molecule has 0 bridgehead atoms. The second kappa shape index (κ2) is 5.01. The van der Waals surface area contributed by atoms with Crippen molar-refractivity contribution in [3.05, 3.63) is 24.2 Å². The van der Waals surface area contributed by atoms with Gasteiger partial charge in [0.2, 0.25) is 5.91 Å². The Labute approximate surface area is 99.0 Å². The average Bonchev–Trinajstić information content (AvgIpc) is 2.91. The van der Waals surface area contributed by atoms with E-state index < -0.39 is 6.04 Å². The van der Waals surface area contributed by atoms with Crippen molar-refractivity contribution in [1.29, 1.82) is 0 Å². The summed E-state index contributed by atoms with van der Waals surface area (Å²) in [5.41, 5.74) is 0.473. The van der Waals surface area contributed by atoms with E-state index in [0.717, 1.165) is 0 Å². The lowest BCUT2D eigenvalue weighted by Crippen LogP contribution is -2.59. The first-order valence-corrected chi connectivity index (χ1v) is 5.49. The summed E-state index contributed by atoms with van der Waals surface area (Å²) in [4.78, 5) is 25.4. The van der Waals surface area contributed by atoms with Gasteiger partial charge in [0.05, 0.1) is 11.8 Å². The molecule has 2 heterocycles.